The molecule has 0 spiro atoms. The number of carbonyl (C=O) groups is 1. The molecule has 3 unspecified atom stereocenters. The first-order valence-electron chi connectivity index (χ1n) is 3.09. The van der Waals surface area contributed by atoms with Crippen LogP contribution in [0.5, 0.6) is 0 Å². The Morgan fingerprint density at radius 2 is 2.00 bits per heavy atom. The zero-order chi connectivity index (χ0) is 7.72. The molecule has 0 aromatic rings. The molecule has 0 N–H and O–H groups in total. The van der Waals surface area contributed by atoms with Crippen molar-refractivity contribution in [1.82, 2.24) is 0 Å². The number of rotatable bonds is 0. The fraction of sp³-hybridized carbons (Fsp3) is 0.833. The minimum absolute atomic E-state index is 0.00637. The molecule has 1 aliphatic rings. The van der Waals surface area contributed by atoms with E-state index in [0.717, 1.165) is 12.8 Å². The van der Waals surface area contributed by atoms with Crippen LogP contribution in [0.4, 0.5) is 0 Å². The maximum atomic E-state index is 11.2. The average Bonchev–Trinajstić information content (AvgIpc) is 1.93. The summed E-state index contributed by atoms with van der Waals surface area (Å²) in [5, 5.41) is -0.0266. The molecule has 0 saturated heterocycles. The monoisotopic (exact) mass is 288 g/mol. The second-order valence-corrected chi connectivity index (χ2v) is 5.02. The highest BCUT2D eigenvalue weighted by atomic mass is 79.9. The van der Waals surface area contributed by atoms with Gasteiger partial charge in [-0.05, 0) is 12.8 Å². The molecule has 0 bridgehead atoms. The van der Waals surface area contributed by atoms with E-state index in [2.05, 4.69) is 31.9 Å². The summed E-state index contributed by atoms with van der Waals surface area (Å²) in [5.41, 5.74) is 0. The van der Waals surface area contributed by atoms with Crippen molar-refractivity contribution in [3.05, 3.63) is 0 Å². The van der Waals surface area contributed by atoms with E-state index in [1.54, 1.807) is 0 Å². The van der Waals surface area contributed by atoms with Gasteiger partial charge in [-0.1, -0.05) is 31.9 Å². The van der Waals surface area contributed by atoms with Gasteiger partial charge in [0.25, 0.3) is 0 Å². The van der Waals surface area contributed by atoms with E-state index in [-0.39, 0.29) is 20.8 Å². The molecule has 1 fully saturated rings. The predicted octanol–water partition coefficient (Wildman–Crippen LogP) is 2.48. The van der Waals surface area contributed by atoms with Crippen LogP contribution in [-0.2, 0) is 4.79 Å². The van der Waals surface area contributed by atoms with E-state index in [1.165, 1.54) is 0 Å². The second-order valence-electron chi connectivity index (χ2n) is 2.37. The fourth-order valence-electron chi connectivity index (χ4n) is 0.945. The molecule has 1 nitrogen and oxygen atoms in total. The van der Waals surface area contributed by atoms with E-state index in [9.17, 15) is 4.79 Å². The van der Waals surface area contributed by atoms with Gasteiger partial charge in [0.1, 0.15) is 0 Å². The number of hydrogen-bond donors (Lipinski definition) is 0. The molecule has 1 rings (SSSR count). The van der Waals surface area contributed by atoms with Gasteiger partial charge < -0.3 is 0 Å². The van der Waals surface area contributed by atoms with Crippen LogP contribution in [0.1, 0.15) is 12.8 Å². The zero-order valence-electron chi connectivity index (χ0n) is 5.19. The molecule has 58 valence electrons. The molecule has 4 heteroatoms. The lowest BCUT2D eigenvalue weighted by Crippen LogP contribution is -2.36. The Labute approximate surface area is 81.8 Å². The Balaban J connectivity index is 2.60. The van der Waals surface area contributed by atoms with E-state index < -0.39 is 0 Å². The summed E-state index contributed by atoms with van der Waals surface area (Å²) in [6.45, 7) is 0. The first-order chi connectivity index (χ1) is 4.63. The van der Waals surface area contributed by atoms with Crippen LogP contribution >= 0.6 is 43.5 Å². The van der Waals surface area contributed by atoms with Gasteiger partial charge in [0.2, 0.25) is 0 Å². The van der Waals surface area contributed by atoms with Gasteiger partial charge in [-0.3, -0.25) is 4.79 Å². The van der Waals surface area contributed by atoms with E-state index in [0.29, 0.717) is 0 Å². The molecular weight excluding hydrogens is 283 g/mol. The van der Waals surface area contributed by atoms with Crippen LogP contribution in [0.15, 0.2) is 0 Å². The minimum atomic E-state index is -0.160. The molecule has 0 aliphatic heterocycles. The van der Waals surface area contributed by atoms with Crippen LogP contribution in [0, 0.1) is 0 Å². The van der Waals surface area contributed by atoms with Crippen LogP contribution in [0.25, 0.3) is 0 Å². The van der Waals surface area contributed by atoms with Crippen molar-refractivity contribution in [2.24, 2.45) is 0 Å². The smallest absolute Gasteiger partial charge is 0.161 e. The largest absolute Gasteiger partial charge is 0.297 e. The lowest BCUT2D eigenvalue weighted by Gasteiger charge is -2.24. The highest BCUT2D eigenvalue weighted by Gasteiger charge is 2.33. The number of halogens is 3. The zero-order valence-corrected chi connectivity index (χ0v) is 9.12. The maximum Gasteiger partial charge on any atom is 0.161 e. The van der Waals surface area contributed by atoms with Gasteiger partial charge in [0, 0.05) is 0 Å². The Morgan fingerprint density at radius 1 is 1.40 bits per heavy atom. The SMILES string of the molecule is O=C1C(Br)CCC(Cl)C1Br. The molecule has 0 heterocycles. The molecular formula is C6H7Br2ClO. The predicted molar refractivity (Wildman–Crippen MR) is 49.3 cm³/mol. The van der Waals surface area contributed by atoms with Crippen LogP contribution in [0.2, 0.25) is 0 Å². The summed E-state index contributed by atoms with van der Waals surface area (Å²) in [5.74, 6) is 0.172. The Morgan fingerprint density at radius 3 is 2.50 bits per heavy atom. The van der Waals surface area contributed by atoms with E-state index in [4.69, 9.17) is 11.6 Å². The second kappa shape index (κ2) is 3.55. The number of carbonyl (C=O) groups excluding carboxylic acids is 1. The number of ketones is 1. The Bertz CT molecular complexity index is 151. The quantitative estimate of drug-likeness (QED) is 0.626. The summed E-state index contributed by atoms with van der Waals surface area (Å²) in [4.78, 5) is 11.0. The Kier molecular flexibility index (Phi) is 3.20. The fourth-order valence-corrected chi connectivity index (χ4v) is 2.68. The molecule has 0 aromatic carbocycles. The molecule has 1 aliphatic carbocycles. The summed E-state index contributed by atoms with van der Waals surface area (Å²) >= 11 is 12.4. The highest BCUT2D eigenvalue weighted by molar-refractivity contribution is 9.10. The van der Waals surface area contributed by atoms with Crippen molar-refractivity contribution in [1.29, 1.82) is 0 Å². The summed E-state index contributed by atoms with van der Waals surface area (Å²) < 4.78 is 0. The van der Waals surface area contributed by atoms with E-state index in [1.807, 2.05) is 0 Å². The number of Topliss-reactive ketones (excluding diaryl/α,β-unsaturated/α-hetero) is 1. The lowest BCUT2D eigenvalue weighted by atomic mass is 9.99. The number of alkyl halides is 3. The first-order valence-corrected chi connectivity index (χ1v) is 5.35. The molecule has 10 heavy (non-hydrogen) atoms. The first kappa shape index (κ1) is 9.01. The molecule has 1 saturated carbocycles. The van der Waals surface area contributed by atoms with Gasteiger partial charge in [0.15, 0.2) is 5.78 Å². The normalized spacial score (nSPS) is 41.9. The number of hydrogen-bond acceptors (Lipinski definition) is 1. The third-order valence-corrected chi connectivity index (χ3v) is 4.37. The van der Waals surface area contributed by atoms with Crippen molar-refractivity contribution in [2.75, 3.05) is 0 Å². The third kappa shape index (κ3) is 1.74. The summed E-state index contributed by atoms with van der Waals surface area (Å²) in [6, 6.07) is 0. The molecule has 0 amide bonds. The molecule has 0 aromatic heterocycles. The van der Waals surface area contributed by atoms with Crippen molar-refractivity contribution < 1.29 is 4.79 Å². The van der Waals surface area contributed by atoms with Gasteiger partial charge >= 0.3 is 0 Å². The topological polar surface area (TPSA) is 17.1 Å². The van der Waals surface area contributed by atoms with Crippen molar-refractivity contribution in [3.8, 4) is 0 Å². The van der Waals surface area contributed by atoms with Crippen molar-refractivity contribution in [2.45, 2.75) is 27.9 Å². The maximum absolute atomic E-state index is 11.2. The average molecular weight is 290 g/mol. The lowest BCUT2D eigenvalue weighted by molar-refractivity contribution is -0.118. The third-order valence-electron chi connectivity index (χ3n) is 1.59. The van der Waals surface area contributed by atoms with Crippen LogP contribution in [0.3, 0.4) is 0 Å². The Hall–Kier alpha value is 0.920. The minimum Gasteiger partial charge on any atom is -0.297 e. The van der Waals surface area contributed by atoms with E-state index >= 15 is 0 Å². The van der Waals surface area contributed by atoms with Crippen molar-refractivity contribution >= 4 is 49.2 Å². The summed E-state index contributed by atoms with van der Waals surface area (Å²) in [6.07, 6.45) is 1.76. The molecule has 3 atom stereocenters. The molecule has 0 radical (unpaired) electrons. The van der Waals surface area contributed by atoms with Crippen LogP contribution < -0.4 is 0 Å². The highest BCUT2D eigenvalue weighted by Crippen LogP contribution is 2.29. The van der Waals surface area contributed by atoms with Gasteiger partial charge in [-0.15, -0.1) is 11.6 Å². The van der Waals surface area contributed by atoms with Gasteiger partial charge in [-0.25, -0.2) is 0 Å². The van der Waals surface area contributed by atoms with Gasteiger partial charge in [-0.2, -0.15) is 0 Å². The summed E-state index contributed by atoms with van der Waals surface area (Å²) in [7, 11) is 0. The van der Waals surface area contributed by atoms with Crippen LogP contribution in [-0.4, -0.2) is 20.8 Å². The van der Waals surface area contributed by atoms with Gasteiger partial charge in [0.05, 0.1) is 15.0 Å². The van der Waals surface area contributed by atoms with Crippen molar-refractivity contribution in [3.63, 3.8) is 0 Å². The standard InChI is InChI=1S/C6H7Br2ClO/c7-3-1-2-4(9)5(8)6(3)10/h3-5H,1-2H2.